The minimum atomic E-state index is -4.40. The van der Waals surface area contributed by atoms with Gasteiger partial charge in [-0.2, -0.15) is 8.42 Å². The molecule has 0 saturated heterocycles. The lowest BCUT2D eigenvalue weighted by atomic mass is 9.82. The van der Waals surface area contributed by atoms with Gasteiger partial charge in [-0.25, -0.2) is 4.58 Å². The highest BCUT2D eigenvalue weighted by atomic mass is 32.2. The lowest BCUT2D eigenvalue weighted by Crippen LogP contribution is -2.35. The molecule has 0 aromatic heterocycles. The second-order valence-electron chi connectivity index (χ2n) is 13.6. The smallest absolute Gasteiger partial charge is 0.303 e. The van der Waals surface area contributed by atoms with Gasteiger partial charge in [0.2, 0.25) is 5.36 Å². The van der Waals surface area contributed by atoms with Crippen molar-refractivity contribution >= 4 is 27.9 Å². The van der Waals surface area contributed by atoms with E-state index in [1.54, 1.807) is 26.4 Å². The molecule has 4 rings (SSSR count). The molecule has 0 spiro atoms. The molecular weight excluding hydrogens is 620 g/mol. The number of carboxylic acid groups (broad SMARTS) is 1. The molecule has 1 aromatic rings. The molecule has 0 fully saturated rings. The van der Waals surface area contributed by atoms with E-state index < -0.39 is 21.5 Å². The first-order valence-corrected chi connectivity index (χ1v) is 17.5. The van der Waals surface area contributed by atoms with Crippen LogP contribution in [-0.4, -0.2) is 71.1 Å². The van der Waals surface area contributed by atoms with E-state index in [4.69, 9.17) is 19.0 Å². The number of carbonyl (C=O) groups is 1. The molecule has 0 radical (unpaired) electrons. The fourth-order valence-electron chi connectivity index (χ4n) is 6.05. The maximum absolute atomic E-state index is 12.1. The minimum absolute atomic E-state index is 0.119. The van der Waals surface area contributed by atoms with Crippen LogP contribution in [0.25, 0.3) is 17.4 Å². The van der Waals surface area contributed by atoms with E-state index in [0.29, 0.717) is 39.3 Å². The summed E-state index contributed by atoms with van der Waals surface area (Å²) >= 11 is 0. The summed E-state index contributed by atoms with van der Waals surface area (Å²) in [6.45, 7) is 13.6. The summed E-state index contributed by atoms with van der Waals surface area (Å²) in [6.07, 6.45) is 4.34. The lowest BCUT2D eigenvalue weighted by molar-refractivity contribution is -0.137. The van der Waals surface area contributed by atoms with Crippen LogP contribution in [0.4, 0.5) is 5.69 Å². The summed E-state index contributed by atoms with van der Waals surface area (Å²) in [5.74, 6) is 0.746. The van der Waals surface area contributed by atoms with E-state index in [1.165, 1.54) is 6.07 Å². The molecule has 1 aromatic carbocycles. The number of rotatable bonds is 14. The number of methoxy groups -OCH3 is 2. The van der Waals surface area contributed by atoms with Crippen molar-refractivity contribution < 1.29 is 36.8 Å². The van der Waals surface area contributed by atoms with Gasteiger partial charge >= 0.3 is 5.97 Å². The molecule has 0 bridgehead atoms. The van der Waals surface area contributed by atoms with Crippen molar-refractivity contribution in [1.29, 1.82) is 0 Å². The Kier molecular flexibility index (Phi) is 11.4. The van der Waals surface area contributed by atoms with E-state index in [1.807, 2.05) is 0 Å². The molecule has 2 N–H and O–H groups in total. The first-order valence-electron chi connectivity index (χ1n) is 16.1. The minimum Gasteiger partial charge on any atom is -0.481 e. The Morgan fingerprint density at radius 3 is 2.28 bits per heavy atom. The fourth-order valence-corrected chi connectivity index (χ4v) is 6.55. The summed E-state index contributed by atoms with van der Waals surface area (Å²) in [7, 11) is -1.03. The van der Waals surface area contributed by atoms with Crippen molar-refractivity contribution in [3.63, 3.8) is 0 Å². The van der Waals surface area contributed by atoms with Gasteiger partial charge in [-0.1, -0.05) is 41.0 Å². The number of anilines is 1. The number of nitrogens with zero attached hydrogens (tertiary/aromatic N) is 2. The van der Waals surface area contributed by atoms with Crippen LogP contribution >= 0.6 is 0 Å². The van der Waals surface area contributed by atoms with Crippen molar-refractivity contribution in [2.24, 2.45) is 0 Å². The first-order chi connectivity index (χ1) is 22.1. The van der Waals surface area contributed by atoms with Gasteiger partial charge in [-0.05, 0) is 60.4 Å². The summed E-state index contributed by atoms with van der Waals surface area (Å²) in [4.78, 5) is 13.1. The molecule has 47 heavy (non-hydrogen) atoms. The van der Waals surface area contributed by atoms with Crippen LogP contribution in [0.1, 0.15) is 77.2 Å². The zero-order chi connectivity index (χ0) is 34.6. The predicted molar refractivity (Wildman–Crippen MR) is 183 cm³/mol. The molecule has 0 amide bonds. The van der Waals surface area contributed by atoms with Crippen molar-refractivity contribution in [2.45, 2.75) is 76.0 Å². The molecule has 2 heterocycles. The number of unbranched alkanes of at least 4 members (excludes halogenated alkanes) is 2. The normalized spacial score (nSPS) is 15.4. The second kappa shape index (κ2) is 14.7. The third-order valence-corrected chi connectivity index (χ3v) is 9.59. The highest BCUT2D eigenvalue weighted by Gasteiger charge is 2.41. The zero-order valence-corrected chi connectivity index (χ0v) is 29.4. The number of hydrogen-bond donors (Lipinski definition) is 2. The Morgan fingerprint density at radius 1 is 1.00 bits per heavy atom. The van der Waals surface area contributed by atoms with E-state index in [0.717, 1.165) is 57.8 Å². The Hall–Kier alpha value is -3.51. The molecule has 3 aliphatic rings. The number of fused-ring (bicyclic) bond motifs is 2. The van der Waals surface area contributed by atoms with Gasteiger partial charge in [0, 0.05) is 61.0 Å². The highest BCUT2D eigenvalue weighted by Crippen LogP contribution is 2.50. The van der Waals surface area contributed by atoms with Crippen molar-refractivity contribution in [1.82, 2.24) is 4.58 Å². The summed E-state index contributed by atoms with van der Waals surface area (Å²) in [6, 6.07) is 13.0. The van der Waals surface area contributed by atoms with Crippen LogP contribution in [-0.2, 0) is 35.2 Å². The monoisotopic (exact) mass is 669 g/mol. The first kappa shape index (κ1) is 36.3. The van der Waals surface area contributed by atoms with Gasteiger partial charge in [-0.15, -0.1) is 0 Å². The maximum atomic E-state index is 12.1. The van der Waals surface area contributed by atoms with Gasteiger partial charge in [0.25, 0.3) is 10.1 Å². The number of carboxylic acids is 1. The van der Waals surface area contributed by atoms with Crippen LogP contribution in [0.5, 0.6) is 0 Å². The predicted octanol–water partition coefficient (Wildman–Crippen LogP) is 5.78. The van der Waals surface area contributed by atoms with Crippen molar-refractivity contribution in [2.75, 3.05) is 52.0 Å². The van der Waals surface area contributed by atoms with E-state index >= 15 is 0 Å². The van der Waals surface area contributed by atoms with Crippen LogP contribution in [0.2, 0.25) is 0 Å². The van der Waals surface area contributed by atoms with Crippen molar-refractivity contribution in [3.8, 4) is 11.3 Å². The van der Waals surface area contributed by atoms with Crippen LogP contribution in [0.3, 0.4) is 0 Å². The number of benzene rings is 2. The average molecular weight is 670 g/mol. The largest absolute Gasteiger partial charge is 0.481 e. The second-order valence-corrected chi connectivity index (χ2v) is 15.1. The van der Waals surface area contributed by atoms with Crippen LogP contribution < -0.4 is 14.8 Å². The molecule has 0 atom stereocenters. The van der Waals surface area contributed by atoms with E-state index in [9.17, 15) is 17.8 Å². The Morgan fingerprint density at radius 2 is 1.68 bits per heavy atom. The molecule has 2 aliphatic heterocycles. The van der Waals surface area contributed by atoms with Gasteiger partial charge in [0.1, 0.15) is 24.7 Å². The highest BCUT2D eigenvalue weighted by molar-refractivity contribution is 7.85. The Bertz CT molecular complexity index is 1760. The number of aliphatic carboxylic acids is 1. The van der Waals surface area contributed by atoms with Gasteiger partial charge in [0.15, 0.2) is 13.1 Å². The standard InChI is InChI=1S/C36H48N2O8S/c1-35(2,3)33-22-25(28-14-12-26(23-31(28)46-33)37(17-19-44-6)18-20-45-7)21-32-36(4,5)29-24-27(47(41,42)43)13-15-30(29)38(32)16-10-8-9-11-34(39)40/h12-15,21-24H,8-11,16-20H2,1-7H3,(H-,39,40,41,42,43)/p+1. The zero-order valence-electron chi connectivity index (χ0n) is 28.6. The number of allylic oxidation sites excluding steroid dienone is 1. The molecule has 0 unspecified atom stereocenters. The number of hydrogen-bond acceptors (Lipinski definition) is 7. The molecule has 1 aliphatic carbocycles. The molecule has 0 saturated carbocycles. The molecule has 11 heteroatoms. The molecular formula is C36H49N2O8S+. The number of ether oxygens (including phenoxy) is 2. The summed E-state index contributed by atoms with van der Waals surface area (Å²) < 4.78 is 53.6. The van der Waals surface area contributed by atoms with Gasteiger partial charge < -0.3 is 23.9 Å². The third-order valence-electron chi connectivity index (χ3n) is 8.74. The SMILES string of the molecule is COCC[N+](CCOC)=c1ccc2c(/C=C3/N(CCCCCC(=O)O)c4ccc(S(=O)(=O)O)cc4C3(C)C)cc(C(C)(C)C)oc-2c1. The summed E-state index contributed by atoms with van der Waals surface area (Å²) in [5.41, 5.74) is 3.61. The topological polar surface area (TPSA) is 130 Å². The fraction of sp³-hybridized carbons (Fsp3) is 0.500. The molecule has 10 nitrogen and oxygen atoms in total. The quantitative estimate of drug-likeness (QED) is 0.125. The summed E-state index contributed by atoms with van der Waals surface area (Å²) in [5, 5.41) is 10.1. The Labute approximate surface area is 278 Å². The lowest BCUT2D eigenvalue weighted by Gasteiger charge is -2.28. The van der Waals surface area contributed by atoms with Gasteiger partial charge in [0.05, 0.1) is 11.0 Å². The van der Waals surface area contributed by atoms with E-state index in [-0.39, 0.29) is 16.7 Å². The van der Waals surface area contributed by atoms with Crippen molar-refractivity contribution in [3.05, 3.63) is 70.4 Å². The van der Waals surface area contributed by atoms with Crippen LogP contribution in [0.15, 0.2) is 57.5 Å². The third kappa shape index (κ3) is 8.51. The van der Waals surface area contributed by atoms with Gasteiger partial charge in [-0.3, -0.25) is 9.35 Å². The Balaban J connectivity index is 1.91. The molecule has 256 valence electrons. The average Bonchev–Trinajstić information content (AvgIpc) is 3.20. The van der Waals surface area contributed by atoms with E-state index in [2.05, 4.69) is 74.4 Å². The maximum Gasteiger partial charge on any atom is 0.303 e. The van der Waals surface area contributed by atoms with Crippen LogP contribution in [0, 0.1) is 0 Å².